The highest BCUT2D eigenvalue weighted by molar-refractivity contribution is 5.52. The van der Waals surface area contributed by atoms with Gasteiger partial charge in [-0.2, -0.15) is 0 Å². The van der Waals surface area contributed by atoms with Crippen LogP contribution in [-0.4, -0.2) is 29.0 Å². The third kappa shape index (κ3) is 4.88. The van der Waals surface area contributed by atoms with Crippen LogP contribution in [0.1, 0.15) is 17.0 Å². The first-order valence-corrected chi connectivity index (χ1v) is 8.50. The Hall–Kier alpha value is -2.72. The van der Waals surface area contributed by atoms with Gasteiger partial charge in [0.2, 0.25) is 0 Å². The number of hydrogen-bond acceptors (Lipinski definition) is 4. The van der Waals surface area contributed by atoms with Gasteiger partial charge in [-0.1, -0.05) is 30.3 Å². The average molecular weight is 332 g/mol. The first-order chi connectivity index (χ1) is 12.2. The molecule has 128 valence electrons. The molecule has 1 aromatic carbocycles. The summed E-state index contributed by atoms with van der Waals surface area (Å²) in [5, 5.41) is 0. The fourth-order valence-corrected chi connectivity index (χ4v) is 2.93. The number of rotatable bonds is 7. The van der Waals surface area contributed by atoms with E-state index in [0.717, 1.165) is 31.0 Å². The molecule has 0 atom stereocenters. The molecule has 0 spiro atoms. The number of nitrogens with zero attached hydrogens (tertiary/aromatic N) is 4. The summed E-state index contributed by atoms with van der Waals surface area (Å²) in [4.78, 5) is 13.5. The minimum Gasteiger partial charge on any atom is -0.377 e. The van der Waals surface area contributed by atoms with Crippen LogP contribution in [0.4, 0.5) is 5.69 Å². The maximum Gasteiger partial charge on any atom is 0.0544 e. The van der Waals surface area contributed by atoms with Gasteiger partial charge in [-0.3, -0.25) is 14.9 Å². The molecule has 25 heavy (non-hydrogen) atoms. The molecule has 4 nitrogen and oxygen atoms in total. The Bertz CT molecular complexity index is 731. The molecular weight excluding hydrogens is 308 g/mol. The van der Waals surface area contributed by atoms with Crippen LogP contribution in [0.2, 0.25) is 0 Å². The normalized spacial score (nSPS) is 10.8. The van der Waals surface area contributed by atoms with E-state index in [0.29, 0.717) is 0 Å². The van der Waals surface area contributed by atoms with Crippen LogP contribution in [0.15, 0.2) is 73.1 Å². The summed E-state index contributed by atoms with van der Waals surface area (Å²) in [5.74, 6) is 0. The largest absolute Gasteiger partial charge is 0.377 e. The quantitative estimate of drug-likeness (QED) is 0.660. The fraction of sp³-hybridized carbons (Fsp3) is 0.238. The van der Waals surface area contributed by atoms with Crippen LogP contribution in [0.3, 0.4) is 0 Å². The minimum atomic E-state index is 0.791. The van der Waals surface area contributed by atoms with E-state index in [9.17, 15) is 0 Å². The van der Waals surface area contributed by atoms with Crippen LogP contribution in [0, 0.1) is 0 Å². The summed E-state index contributed by atoms with van der Waals surface area (Å²) in [7, 11) is 4.17. The highest BCUT2D eigenvalue weighted by Gasteiger charge is 2.12. The molecular formula is C21H24N4. The van der Waals surface area contributed by atoms with Crippen LogP contribution < -0.4 is 4.90 Å². The number of anilines is 1. The highest BCUT2D eigenvalue weighted by atomic mass is 15.1. The lowest BCUT2D eigenvalue weighted by Gasteiger charge is -2.25. The Morgan fingerprint density at radius 1 is 0.680 bits per heavy atom. The molecule has 4 heteroatoms. The zero-order valence-corrected chi connectivity index (χ0v) is 14.8. The van der Waals surface area contributed by atoms with E-state index < -0.39 is 0 Å². The molecule has 3 aromatic rings. The molecule has 2 aromatic heterocycles. The third-order valence-electron chi connectivity index (χ3n) is 4.09. The molecule has 0 fully saturated rings. The molecule has 0 N–H and O–H groups in total. The SMILES string of the molecule is CN(C)c1ccccc1CN(Cc1ccccn1)Cc1ccccn1. The molecule has 0 amide bonds. The van der Waals surface area contributed by atoms with Gasteiger partial charge in [-0.15, -0.1) is 0 Å². The van der Waals surface area contributed by atoms with Gasteiger partial charge in [-0.25, -0.2) is 0 Å². The Morgan fingerprint density at radius 2 is 1.24 bits per heavy atom. The van der Waals surface area contributed by atoms with Gasteiger partial charge in [0.25, 0.3) is 0 Å². The van der Waals surface area contributed by atoms with Gasteiger partial charge in [0.1, 0.15) is 0 Å². The fourth-order valence-electron chi connectivity index (χ4n) is 2.93. The van der Waals surface area contributed by atoms with Crippen molar-refractivity contribution in [2.45, 2.75) is 19.6 Å². The van der Waals surface area contributed by atoms with Crippen molar-refractivity contribution in [2.24, 2.45) is 0 Å². The first kappa shape index (κ1) is 17.1. The maximum atomic E-state index is 4.49. The van der Waals surface area contributed by atoms with Crippen molar-refractivity contribution < 1.29 is 0 Å². The summed E-state index contributed by atoms with van der Waals surface area (Å²) in [6, 6.07) is 20.7. The molecule has 0 unspecified atom stereocenters. The van der Waals surface area contributed by atoms with E-state index in [4.69, 9.17) is 0 Å². The molecule has 0 aliphatic heterocycles. The second-order valence-corrected chi connectivity index (χ2v) is 6.31. The van der Waals surface area contributed by atoms with Crippen LogP contribution in [-0.2, 0) is 19.6 Å². The number of aromatic nitrogens is 2. The number of hydrogen-bond donors (Lipinski definition) is 0. The Kier molecular flexibility index (Phi) is 5.75. The van der Waals surface area contributed by atoms with E-state index in [2.05, 4.69) is 70.3 Å². The number of pyridine rings is 2. The molecule has 0 saturated carbocycles. The lowest BCUT2D eigenvalue weighted by Crippen LogP contribution is -2.24. The van der Waals surface area contributed by atoms with Crippen molar-refractivity contribution >= 4 is 5.69 Å². The Balaban J connectivity index is 1.83. The molecule has 0 aliphatic carbocycles. The van der Waals surface area contributed by atoms with Crippen molar-refractivity contribution in [3.8, 4) is 0 Å². The predicted molar refractivity (Wildman–Crippen MR) is 102 cm³/mol. The predicted octanol–water partition coefficient (Wildman–Crippen LogP) is 3.75. The van der Waals surface area contributed by atoms with E-state index >= 15 is 0 Å². The summed E-state index contributed by atoms with van der Waals surface area (Å²) in [5.41, 5.74) is 4.69. The summed E-state index contributed by atoms with van der Waals surface area (Å²) in [6.07, 6.45) is 3.70. The summed E-state index contributed by atoms with van der Waals surface area (Å²) in [6.45, 7) is 2.43. The van der Waals surface area contributed by atoms with Crippen molar-refractivity contribution in [2.75, 3.05) is 19.0 Å². The summed E-state index contributed by atoms with van der Waals surface area (Å²) >= 11 is 0. The van der Waals surface area contributed by atoms with Crippen LogP contribution in [0.25, 0.3) is 0 Å². The number of benzene rings is 1. The Morgan fingerprint density at radius 3 is 1.76 bits per heavy atom. The van der Waals surface area contributed by atoms with Crippen molar-refractivity contribution in [3.05, 3.63) is 90.0 Å². The second kappa shape index (κ2) is 8.40. The number of para-hydroxylation sites is 1. The van der Waals surface area contributed by atoms with Gasteiger partial charge >= 0.3 is 0 Å². The molecule has 3 rings (SSSR count). The van der Waals surface area contributed by atoms with Crippen molar-refractivity contribution in [3.63, 3.8) is 0 Å². The van der Waals surface area contributed by atoms with Crippen LogP contribution in [0.5, 0.6) is 0 Å². The van der Waals surface area contributed by atoms with Gasteiger partial charge in [0.05, 0.1) is 11.4 Å². The maximum absolute atomic E-state index is 4.49. The first-order valence-electron chi connectivity index (χ1n) is 8.50. The lowest BCUT2D eigenvalue weighted by molar-refractivity contribution is 0.242. The van der Waals surface area contributed by atoms with Gasteiger partial charge in [0, 0.05) is 51.8 Å². The van der Waals surface area contributed by atoms with Crippen LogP contribution >= 0.6 is 0 Å². The van der Waals surface area contributed by atoms with Crippen molar-refractivity contribution in [1.82, 2.24) is 14.9 Å². The monoisotopic (exact) mass is 332 g/mol. The second-order valence-electron chi connectivity index (χ2n) is 6.31. The molecule has 0 saturated heterocycles. The molecule has 0 aliphatic rings. The molecule has 2 heterocycles. The molecule has 0 bridgehead atoms. The van der Waals surface area contributed by atoms with Gasteiger partial charge in [0.15, 0.2) is 0 Å². The average Bonchev–Trinajstić information content (AvgIpc) is 2.63. The van der Waals surface area contributed by atoms with E-state index in [1.165, 1.54) is 11.3 Å². The zero-order chi connectivity index (χ0) is 17.5. The smallest absolute Gasteiger partial charge is 0.0544 e. The van der Waals surface area contributed by atoms with E-state index in [1.807, 2.05) is 36.7 Å². The van der Waals surface area contributed by atoms with E-state index in [1.54, 1.807) is 0 Å². The third-order valence-corrected chi connectivity index (χ3v) is 4.09. The summed E-state index contributed by atoms with van der Waals surface area (Å²) < 4.78 is 0. The Labute approximate surface area is 149 Å². The standard InChI is InChI=1S/C21H24N4/c1-24(2)21-12-4-3-9-18(21)15-25(16-19-10-5-7-13-22-19)17-20-11-6-8-14-23-20/h3-14H,15-17H2,1-2H3. The van der Waals surface area contributed by atoms with Gasteiger partial charge in [-0.05, 0) is 35.9 Å². The van der Waals surface area contributed by atoms with Crippen molar-refractivity contribution in [1.29, 1.82) is 0 Å². The topological polar surface area (TPSA) is 32.3 Å². The highest BCUT2D eigenvalue weighted by Crippen LogP contribution is 2.21. The minimum absolute atomic E-state index is 0.791. The van der Waals surface area contributed by atoms with Gasteiger partial charge < -0.3 is 4.90 Å². The zero-order valence-electron chi connectivity index (χ0n) is 14.8. The molecule has 0 radical (unpaired) electrons. The lowest BCUT2D eigenvalue weighted by atomic mass is 10.1. The van der Waals surface area contributed by atoms with E-state index in [-0.39, 0.29) is 0 Å².